The van der Waals surface area contributed by atoms with Gasteiger partial charge in [-0.15, -0.1) is 0 Å². The molecule has 1 aliphatic rings. The van der Waals surface area contributed by atoms with Crippen molar-refractivity contribution in [1.29, 1.82) is 0 Å². The number of nitrogens with zero attached hydrogens (tertiary/aromatic N) is 1. The molecule has 0 spiro atoms. The minimum Gasteiger partial charge on any atom is -0.492 e. The molecule has 1 aliphatic heterocycles. The Bertz CT molecular complexity index is 1020. The predicted molar refractivity (Wildman–Crippen MR) is 115 cm³/mol. The molecule has 0 radical (unpaired) electrons. The molecule has 1 heterocycles. The zero-order valence-corrected chi connectivity index (χ0v) is 18.7. The molecule has 0 bridgehead atoms. The highest BCUT2D eigenvalue weighted by Crippen LogP contribution is 2.31. The van der Waals surface area contributed by atoms with Gasteiger partial charge in [-0.05, 0) is 36.8 Å². The van der Waals surface area contributed by atoms with E-state index in [1.807, 2.05) is 31.2 Å². The quantitative estimate of drug-likeness (QED) is 0.625. The number of carbonyl (C=O) groups is 1. The highest BCUT2D eigenvalue weighted by molar-refractivity contribution is 7.89. The van der Waals surface area contributed by atoms with Gasteiger partial charge < -0.3 is 14.8 Å². The van der Waals surface area contributed by atoms with E-state index >= 15 is 0 Å². The van der Waals surface area contributed by atoms with Crippen molar-refractivity contribution in [2.24, 2.45) is 0 Å². The summed E-state index contributed by atoms with van der Waals surface area (Å²) in [6.07, 6.45) is 0. The molecule has 3 rings (SSSR count). The van der Waals surface area contributed by atoms with Crippen molar-refractivity contribution in [3.05, 3.63) is 57.6 Å². The number of sulfonamides is 1. The van der Waals surface area contributed by atoms with Crippen LogP contribution in [0.5, 0.6) is 5.75 Å². The molecular weight excluding hydrogens is 451 g/mol. The summed E-state index contributed by atoms with van der Waals surface area (Å²) in [5.41, 5.74) is 1.10. The minimum atomic E-state index is -3.87. The summed E-state index contributed by atoms with van der Waals surface area (Å²) >= 11 is 12.3. The van der Waals surface area contributed by atoms with Crippen LogP contribution in [0.2, 0.25) is 10.0 Å². The first-order chi connectivity index (χ1) is 14.3. The number of benzene rings is 2. The maximum Gasteiger partial charge on any atom is 0.252 e. The number of halogens is 2. The number of morpholine rings is 1. The fourth-order valence-electron chi connectivity index (χ4n) is 2.96. The lowest BCUT2D eigenvalue weighted by Crippen LogP contribution is -2.40. The smallest absolute Gasteiger partial charge is 0.252 e. The molecule has 0 unspecified atom stereocenters. The van der Waals surface area contributed by atoms with E-state index in [2.05, 4.69) is 5.32 Å². The van der Waals surface area contributed by atoms with Gasteiger partial charge in [-0.3, -0.25) is 4.79 Å². The Morgan fingerprint density at radius 3 is 2.60 bits per heavy atom. The van der Waals surface area contributed by atoms with Crippen molar-refractivity contribution in [2.45, 2.75) is 11.8 Å². The maximum atomic E-state index is 12.9. The van der Waals surface area contributed by atoms with Gasteiger partial charge in [0, 0.05) is 13.1 Å². The molecule has 1 fully saturated rings. The summed E-state index contributed by atoms with van der Waals surface area (Å²) < 4.78 is 37.9. The van der Waals surface area contributed by atoms with Gasteiger partial charge in [-0.25, -0.2) is 8.42 Å². The third-order valence-corrected chi connectivity index (χ3v) is 7.18. The molecule has 2 aromatic carbocycles. The van der Waals surface area contributed by atoms with E-state index < -0.39 is 15.9 Å². The molecule has 10 heteroatoms. The minimum absolute atomic E-state index is 0.0310. The molecule has 0 atom stereocenters. The second kappa shape index (κ2) is 9.98. The number of amides is 1. The van der Waals surface area contributed by atoms with Crippen LogP contribution in [0.3, 0.4) is 0 Å². The van der Waals surface area contributed by atoms with Crippen LogP contribution in [-0.4, -0.2) is 58.1 Å². The van der Waals surface area contributed by atoms with Gasteiger partial charge >= 0.3 is 0 Å². The van der Waals surface area contributed by atoms with Crippen molar-refractivity contribution in [2.75, 3.05) is 39.5 Å². The van der Waals surface area contributed by atoms with Crippen LogP contribution in [0.1, 0.15) is 15.9 Å². The Morgan fingerprint density at radius 2 is 1.90 bits per heavy atom. The lowest BCUT2D eigenvalue weighted by Gasteiger charge is -2.26. The molecule has 0 aromatic heterocycles. The van der Waals surface area contributed by atoms with Crippen LogP contribution in [0, 0.1) is 6.92 Å². The molecular formula is C20H22Cl2N2O5S. The van der Waals surface area contributed by atoms with Gasteiger partial charge in [0.2, 0.25) is 10.0 Å². The van der Waals surface area contributed by atoms with Crippen LogP contribution in [0.15, 0.2) is 41.3 Å². The number of hydrogen-bond donors (Lipinski definition) is 1. The largest absolute Gasteiger partial charge is 0.492 e. The van der Waals surface area contributed by atoms with Crippen LogP contribution in [0.25, 0.3) is 0 Å². The first-order valence-electron chi connectivity index (χ1n) is 9.33. The second-order valence-electron chi connectivity index (χ2n) is 6.70. The number of carbonyl (C=O) groups excluding carboxylic acids is 1. The molecule has 162 valence electrons. The normalized spacial score (nSPS) is 15.0. The van der Waals surface area contributed by atoms with Crippen molar-refractivity contribution in [3.63, 3.8) is 0 Å². The van der Waals surface area contributed by atoms with Gasteiger partial charge in [-0.1, -0.05) is 35.3 Å². The van der Waals surface area contributed by atoms with Gasteiger partial charge in [-0.2, -0.15) is 4.31 Å². The van der Waals surface area contributed by atoms with E-state index in [1.54, 1.807) is 0 Å². The molecule has 1 saturated heterocycles. The summed E-state index contributed by atoms with van der Waals surface area (Å²) in [4.78, 5) is 12.4. The van der Waals surface area contributed by atoms with Crippen LogP contribution < -0.4 is 10.1 Å². The number of ether oxygens (including phenoxy) is 2. The van der Waals surface area contributed by atoms with Crippen LogP contribution in [0.4, 0.5) is 0 Å². The third-order valence-electron chi connectivity index (χ3n) is 4.50. The molecule has 0 aliphatic carbocycles. The van der Waals surface area contributed by atoms with Crippen LogP contribution >= 0.6 is 23.2 Å². The predicted octanol–water partition coefficient (Wildman–Crippen LogP) is 3.13. The van der Waals surface area contributed by atoms with E-state index in [4.69, 9.17) is 32.7 Å². The van der Waals surface area contributed by atoms with E-state index in [-0.39, 0.29) is 46.7 Å². The molecule has 30 heavy (non-hydrogen) atoms. The highest BCUT2D eigenvalue weighted by atomic mass is 35.5. The van der Waals surface area contributed by atoms with E-state index in [9.17, 15) is 13.2 Å². The molecule has 1 amide bonds. The lowest BCUT2D eigenvalue weighted by molar-refractivity contribution is 0.0730. The third kappa shape index (κ3) is 5.44. The van der Waals surface area contributed by atoms with Crippen molar-refractivity contribution >= 4 is 39.1 Å². The molecule has 1 N–H and O–H groups in total. The fraction of sp³-hybridized carbons (Fsp3) is 0.350. The number of aryl methyl sites for hydroxylation is 1. The summed E-state index contributed by atoms with van der Waals surface area (Å²) in [6.45, 7) is 3.48. The Kier molecular flexibility index (Phi) is 7.60. The van der Waals surface area contributed by atoms with Crippen molar-refractivity contribution < 1.29 is 22.7 Å². The number of hydrogen-bond acceptors (Lipinski definition) is 5. The Hall–Kier alpha value is -1.84. The zero-order chi connectivity index (χ0) is 21.7. The summed E-state index contributed by atoms with van der Waals surface area (Å²) in [5.74, 6) is 0.190. The Morgan fingerprint density at radius 1 is 1.17 bits per heavy atom. The van der Waals surface area contributed by atoms with Crippen LogP contribution in [-0.2, 0) is 14.8 Å². The van der Waals surface area contributed by atoms with E-state index in [1.165, 1.54) is 16.4 Å². The summed E-state index contributed by atoms with van der Waals surface area (Å²) in [7, 11) is -3.87. The first kappa shape index (κ1) is 22.8. The van der Waals surface area contributed by atoms with Gasteiger partial charge in [0.05, 0.1) is 35.4 Å². The molecule has 0 saturated carbocycles. The molecule has 7 nitrogen and oxygen atoms in total. The molecule has 2 aromatic rings. The average Bonchev–Trinajstić information content (AvgIpc) is 2.71. The van der Waals surface area contributed by atoms with Crippen molar-refractivity contribution in [3.8, 4) is 5.75 Å². The number of rotatable bonds is 7. The van der Waals surface area contributed by atoms with Gasteiger partial charge in [0.1, 0.15) is 17.3 Å². The van der Waals surface area contributed by atoms with E-state index in [0.29, 0.717) is 19.0 Å². The summed E-state index contributed by atoms with van der Waals surface area (Å²) in [5, 5.41) is 2.71. The first-order valence-corrected chi connectivity index (χ1v) is 11.5. The van der Waals surface area contributed by atoms with Crippen molar-refractivity contribution in [1.82, 2.24) is 9.62 Å². The lowest BCUT2D eigenvalue weighted by atomic mass is 10.2. The van der Waals surface area contributed by atoms with E-state index in [0.717, 1.165) is 5.56 Å². The Balaban J connectivity index is 1.69. The highest BCUT2D eigenvalue weighted by Gasteiger charge is 2.30. The van der Waals surface area contributed by atoms with Gasteiger partial charge in [0.25, 0.3) is 5.91 Å². The fourth-order valence-corrected chi connectivity index (χ4v) is 5.20. The summed E-state index contributed by atoms with van der Waals surface area (Å²) in [6, 6.07) is 10.0. The average molecular weight is 473 g/mol. The number of nitrogens with one attached hydrogen (secondary N) is 1. The Labute approximate surface area is 185 Å². The van der Waals surface area contributed by atoms with Gasteiger partial charge in [0.15, 0.2) is 0 Å². The SMILES string of the molecule is Cc1cccc(OCCNC(=O)c2cc(S(=O)(=O)N3CCOCC3)c(Cl)cc2Cl)c1. The standard InChI is InChI=1S/C20H22Cl2N2O5S/c1-14-3-2-4-15(11-14)29-8-5-23-20(25)16-12-19(18(22)13-17(16)21)30(26,27)24-6-9-28-10-7-24/h2-4,11-13H,5-10H2,1H3,(H,23,25). The zero-order valence-electron chi connectivity index (χ0n) is 16.4. The second-order valence-corrected chi connectivity index (χ2v) is 9.42. The maximum absolute atomic E-state index is 12.9. The topological polar surface area (TPSA) is 84.9 Å². The monoisotopic (exact) mass is 472 g/mol.